The summed E-state index contributed by atoms with van der Waals surface area (Å²) in [6, 6.07) is 6.35. The van der Waals surface area contributed by atoms with E-state index >= 15 is 0 Å². The number of alkyl halides is 2. The summed E-state index contributed by atoms with van der Waals surface area (Å²) in [5.41, 5.74) is 4.25. The first-order valence-corrected chi connectivity index (χ1v) is 5.49. The van der Waals surface area contributed by atoms with Crippen LogP contribution in [0.1, 0.15) is 33.3 Å². The maximum atomic E-state index is 13.2. The Morgan fingerprint density at radius 1 is 1.06 bits per heavy atom. The standard InChI is InChI=1S/C13H19F2NO/c1-12(2,3)17-13(4,11(14)15)9-5-7-10(16)8-6-9/h5-8,11H,16H2,1-4H3. The Bertz CT molecular complexity index is 370. The van der Waals surface area contributed by atoms with E-state index in [2.05, 4.69) is 0 Å². The first-order chi connectivity index (χ1) is 7.65. The van der Waals surface area contributed by atoms with Gasteiger partial charge in [-0.05, 0) is 45.4 Å². The normalized spacial score (nSPS) is 15.9. The summed E-state index contributed by atoms with van der Waals surface area (Å²) in [7, 11) is 0. The van der Waals surface area contributed by atoms with Gasteiger partial charge in [0, 0.05) is 5.69 Å². The van der Waals surface area contributed by atoms with E-state index in [0.29, 0.717) is 11.3 Å². The molecule has 0 fully saturated rings. The molecular formula is C13H19F2NO. The molecule has 4 heteroatoms. The monoisotopic (exact) mass is 243 g/mol. The van der Waals surface area contributed by atoms with Gasteiger partial charge >= 0.3 is 0 Å². The van der Waals surface area contributed by atoms with E-state index in [1.165, 1.54) is 6.92 Å². The molecule has 0 amide bonds. The van der Waals surface area contributed by atoms with E-state index in [-0.39, 0.29) is 0 Å². The lowest BCUT2D eigenvalue weighted by molar-refractivity contribution is -0.193. The molecule has 1 atom stereocenters. The second-order valence-electron chi connectivity index (χ2n) is 5.24. The SMILES string of the molecule is CC(C)(C)OC(C)(c1ccc(N)cc1)C(F)F. The van der Waals surface area contributed by atoms with Crippen molar-refractivity contribution in [1.82, 2.24) is 0 Å². The van der Waals surface area contributed by atoms with Crippen LogP contribution in [0, 0.1) is 0 Å². The summed E-state index contributed by atoms with van der Waals surface area (Å²) in [5, 5.41) is 0. The van der Waals surface area contributed by atoms with E-state index in [4.69, 9.17) is 10.5 Å². The molecule has 1 unspecified atom stereocenters. The molecular weight excluding hydrogens is 224 g/mol. The van der Waals surface area contributed by atoms with Crippen molar-refractivity contribution in [3.05, 3.63) is 29.8 Å². The fraction of sp³-hybridized carbons (Fsp3) is 0.538. The summed E-state index contributed by atoms with van der Waals surface area (Å²) < 4.78 is 32.0. The smallest absolute Gasteiger partial charge is 0.270 e. The van der Waals surface area contributed by atoms with Crippen molar-refractivity contribution >= 4 is 5.69 Å². The molecule has 0 spiro atoms. The molecule has 1 aromatic carbocycles. The van der Waals surface area contributed by atoms with Gasteiger partial charge in [-0.15, -0.1) is 0 Å². The Kier molecular flexibility index (Phi) is 3.77. The quantitative estimate of drug-likeness (QED) is 0.824. The highest BCUT2D eigenvalue weighted by Crippen LogP contribution is 2.36. The van der Waals surface area contributed by atoms with Crippen LogP contribution in [0.5, 0.6) is 0 Å². The summed E-state index contributed by atoms with van der Waals surface area (Å²) in [5.74, 6) is 0. The van der Waals surface area contributed by atoms with Crippen molar-refractivity contribution in [2.24, 2.45) is 0 Å². The molecule has 17 heavy (non-hydrogen) atoms. The number of anilines is 1. The Balaban J connectivity index is 3.12. The van der Waals surface area contributed by atoms with Gasteiger partial charge in [0.1, 0.15) is 0 Å². The number of halogens is 2. The Morgan fingerprint density at radius 3 is 1.88 bits per heavy atom. The number of rotatable bonds is 3. The van der Waals surface area contributed by atoms with E-state index in [1.54, 1.807) is 45.0 Å². The Labute approximate surface area is 101 Å². The molecule has 0 aliphatic heterocycles. The molecule has 0 heterocycles. The van der Waals surface area contributed by atoms with Crippen molar-refractivity contribution in [2.75, 3.05) is 5.73 Å². The van der Waals surface area contributed by atoms with Crippen LogP contribution >= 0.6 is 0 Å². The lowest BCUT2D eigenvalue weighted by Gasteiger charge is -2.36. The second kappa shape index (κ2) is 4.61. The van der Waals surface area contributed by atoms with Gasteiger partial charge in [-0.2, -0.15) is 0 Å². The minimum absolute atomic E-state index is 0.427. The van der Waals surface area contributed by atoms with Crippen LogP contribution in [0.25, 0.3) is 0 Å². The van der Waals surface area contributed by atoms with Crippen molar-refractivity contribution < 1.29 is 13.5 Å². The number of benzene rings is 1. The van der Waals surface area contributed by atoms with Gasteiger partial charge in [-0.3, -0.25) is 0 Å². The predicted octanol–water partition coefficient (Wildman–Crippen LogP) is 3.56. The second-order valence-corrected chi connectivity index (χ2v) is 5.24. The number of hydrogen-bond acceptors (Lipinski definition) is 2. The Morgan fingerprint density at radius 2 is 1.53 bits per heavy atom. The first-order valence-electron chi connectivity index (χ1n) is 5.49. The zero-order valence-electron chi connectivity index (χ0n) is 10.6. The zero-order chi connectivity index (χ0) is 13.3. The van der Waals surface area contributed by atoms with Crippen LogP contribution in [-0.4, -0.2) is 12.0 Å². The third-order valence-electron chi connectivity index (χ3n) is 2.42. The van der Waals surface area contributed by atoms with E-state index in [1.807, 2.05) is 0 Å². The fourth-order valence-corrected chi connectivity index (χ4v) is 1.68. The van der Waals surface area contributed by atoms with Gasteiger partial charge in [-0.25, -0.2) is 8.78 Å². The maximum Gasteiger partial charge on any atom is 0.270 e. The van der Waals surface area contributed by atoms with E-state index < -0.39 is 17.6 Å². The third kappa shape index (κ3) is 3.40. The van der Waals surface area contributed by atoms with Crippen LogP contribution in [0.3, 0.4) is 0 Å². The van der Waals surface area contributed by atoms with Crippen molar-refractivity contribution in [3.63, 3.8) is 0 Å². The maximum absolute atomic E-state index is 13.2. The van der Waals surface area contributed by atoms with Crippen LogP contribution in [0.2, 0.25) is 0 Å². The summed E-state index contributed by atoms with van der Waals surface area (Å²) in [6.07, 6.45) is -2.61. The molecule has 0 radical (unpaired) electrons. The molecule has 0 saturated heterocycles. The molecule has 2 N–H and O–H groups in total. The number of nitrogens with two attached hydrogens (primary N) is 1. The van der Waals surface area contributed by atoms with E-state index in [0.717, 1.165) is 0 Å². The zero-order valence-corrected chi connectivity index (χ0v) is 10.6. The van der Waals surface area contributed by atoms with Gasteiger partial charge in [-0.1, -0.05) is 12.1 Å². The molecule has 0 bridgehead atoms. The first kappa shape index (κ1) is 13.9. The molecule has 2 nitrogen and oxygen atoms in total. The highest BCUT2D eigenvalue weighted by atomic mass is 19.3. The van der Waals surface area contributed by atoms with Crippen molar-refractivity contribution in [3.8, 4) is 0 Å². The Hall–Kier alpha value is -1.16. The van der Waals surface area contributed by atoms with Crippen LogP contribution < -0.4 is 5.73 Å². The van der Waals surface area contributed by atoms with Crippen LogP contribution in [-0.2, 0) is 10.3 Å². The predicted molar refractivity (Wildman–Crippen MR) is 65.0 cm³/mol. The van der Waals surface area contributed by atoms with Gasteiger partial charge in [0.25, 0.3) is 6.43 Å². The topological polar surface area (TPSA) is 35.2 Å². The lowest BCUT2D eigenvalue weighted by atomic mass is 9.94. The number of ether oxygens (including phenoxy) is 1. The van der Waals surface area contributed by atoms with Gasteiger partial charge in [0.15, 0.2) is 5.60 Å². The summed E-state index contributed by atoms with van der Waals surface area (Å²) >= 11 is 0. The molecule has 0 saturated carbocycles. The van der Waals surface area contributed by atoms with E-state index in [9.17, 15) is 8.78 Å². The molecule has 1 aromatic rings. The third-order valence-corrected chi connectivity index (χ3v) is 2.42. The minimum atomic E-state index is -2.61. The van der Waals surface area contributed by atoms with Gasteiger partial charge in [0.2, 0.25) is 0 Å². The highest BCUT2D eigenvalue weighted by Gasteiger charge is 2.41. The lowest BCUT2D eigenvalue weighted by Crippen LogP contribution is -2.41. The molecule has 0 aromatic heterocycles. The summed E-state index contributed by atoms with van der Waals surface area (Å²) in [6.45, 7) is 6.66. The number of nitrogen functional groups attached to an aromatic ring is 1. The number of hydrogen-bond donors (Lipinski definition) is 1. The summed E-state index contributed by atoms with van der Waals surface area (Å²) in [4.78, 5) is 0. The average molecular weight is 243 g/mol. The highest BCUT2D eigenvalue weighted by molar-refractivity contribution is 5.41. The molecule has 1 rings (SSSR count). The molecule has 0 aliphatic rings. The van der Waals surface area contributed by atoms with Crippen molar-refractivity contribution in [2.45, 2.75) is 45.3 Å². The average Bonchev–Trinajstić information content (AvgIpc) is 2.15. The van der Waals surface area contributed by atoms with Crippen LogP contribution in [0.4, 0.5) is 14.5 Å². The fourth-order valence-electron chi connectivity index (χ4n) is 1.68. The van der Waals surface area contributed by atoms with Crippen molar-refractivity contribution in [1.29, 1.82) is 0 Å². The minimum Gasteiger partial charge on any atom is -0.399 e. The molecule has 96 valence electrons. The largest absolute Gasteiger partial charge is 0.399 e. The van der Waals surface area contributed by atoms with Crippen LogP contribution in [0.15, 0.2) is 24.3 Å². The molecule has 0 aliphatic carbocycles. The van der Waals surface area contributed by atoms with Gasteiger partial charge in [0.05, 0.1) is 5.60 Å². The van der Waals surface area contributed by atoms with Gasteiger partial charge < -0.3 is 10.5 Å².